The molecule has 1 fully saturated rings. The zero-order valence-corrected chi connectivity index (χ0v) is 9.76. The van der Waals surface area contributed by atoms with Gasteiger partial charge < -0.3 is 19.7 Å². The summed E-state index contributed by atoms with van der Waals surface area (Å²) in [5.41, 5.74) is 0. The number of aliphatic hydroxyl groups is 2. The number of rotatable bonds is 4. The highest BCUT2D eigenvalue weighted by Gasteiger charge is 2.34. The molecule has 0 aromatic heterocycles. The Morgan fingerprint density at radius 3 is 2.75 bits per heavy atom. The molecule has 2 N–H and O–H groups in total. The molecular formula is C11H20O5. The van der Waals surface area contributed by atoms with Gasteiger partial charge in [-0.3, -0.25) is 4.79 Å². The number of ether oxygens (including phenoxy) is 2. The Morgan fingerprint density at radius 1 is 1.50 bits per heavy atom. The maximum atomic E-state index is 10.6. The smallest absolute Gasteiger partial charge is 0.302 e. The SMILES string of the molecule is CC(=O)OCC[C@@H]1O[C@H](CO)[C@@H](O)C[C@@H]1C. The van der Waals surface area contributed by atoms with E-state index in [0.29, 0.717) is 19.4 Å². The third kappa shape index (κ3) is 3.73. The first-order valence-electron chi connectivity index (χ1n) is 5.62. The molecule has 0 aromatic rings. The van der Waals surface area contributed by atoms with E-state index in [1.807, 2.05) is 6.92 Å². The van der Waals surface area contributed by atoms with Gasteiger partial charge in [0.25, 0.3) is 0 Å². The summed E-state index contributed by atoms with van der Waals surface area (Å²) in [6.45, 7) is 3.48. The van der Waals surface area contributed by atoms with Crippen LogP contribution < -0.4 is 0 Å². The van der Waals surface area contributed by atoms with Crippen molar-refractivity contribution in [2.75, 3.05) is 13.2 Å². The Labute approximate surface area is 95.4 Å². The third-order valence-electron chi connectivity index (χ3n) is 2.91. The summed E-state index contributed by atoms with van der Waals surface area (Å²) in [5, 5.41) is 18.6. The topological polar surface area (TPSA) is 76.0 Å². The van der Waals surface area contributed by atoms with E-state index < -0.39 is 12.2 Å². The molecule has 5 nitrogen and oxygen atoms in total. The molecule has 0 radical (unpaired) electrons. The maximum Gasteiger partial charge on any atom is 0.302 e. The Kier molecular flexibility index (Phi) is 5.18. The number of hydrogen-bond acceptors (Lipinski definition) is 5. The van der Waals surface area contributed by atoms with Crippen molar-refractivity contribution in [3.05, 3.63) is 0 Å². The quantitative estimate of drug-likeness (QED) is 0.672. The largest absolute Gasteiger partial charge is 0.466 e. The lowest BCUT2D eigenvalue weighted by atomic mass is 9.90. The summed E-state index contributed by atoms with van der Waals surface area (Å²) in [5.74, 6) is -0.101. The van der Waals surface area contributed by atoms with E-state index in [1.54, 1.807) is 0 Å². The number of aliphatic hydroxyl groups excluding tert-OH is 2. The zero-order chi connectivity index (χ0) is 12.1. The standard InChI is InChI=1S/C11H20O5/c1-7-5-9(14)11(6-12)16-10(7)3-4-15-8(2)13/h7,9-12,14H,3-6H2,1-2H3/t7-,9-,10-,11+/m0/s1. The van der Waals surface area contributed by atoms with Crippen LogP contribution in [0, 0.1) is 5.92 Å². The highest BCUT2D eigenvalue weighted by molar-refractivity contribution is 5.65. The molecule has 1 saturated heterocycles. The summed E-state index contributed by atoms with van der Waals surface area (Å²) < 4.78 is 10.4. The molecule has 0 saturated carbocycles. The molecule has 1 heterocycles. The maximum absolute atomic E-state index is 10.6. The minimum absolute atomic E-state index is 0.0695. The fourth-order valence-corrected chi connectivity index (χ4v) is 1.97. The third-order valence-corrected chi connectivity index (χ3v) is 2.91. The summed E-state index contributed by atoms with van der Waals surface area (Å²) in [6.07, 6.45) is 0.0170. The van der Waals surface area contributed by atoms with E-state index >= 15 is 0 Å². The molecule has 1 aliphatic rings. The molecule has 4 atom stereocenters. The van der Waals surface area contributed by atoms with Crippen molar-refractivity contribution in [3.63, 3.8) is 0 Å². The van der Waals surface area contributed by atoms with Crippen molar-refractivity contribution >= 4 is 5.97 Å². The molecule has 0 aromatic carbocycles. The van der Waals surface area contributed by atoms with E-state index in [4.69, 9.17) is 14.6 Å². The van der Waals surface area contributed by atoms with Crippen LogP contribution in [-0.4, -0.2) is 47.7 Å². The minimum atomic E-state index is -0.607. The summed E-state index contributed by atoms with van der Waals surface area (Å²) in [4.78, 5) is 10.6. The van der Waals surface area contributed by atoms with E-state index in [9.17, 15) is 9.90 Å². The van der Waals surface area contributed by atoms with Crippen LogP contribution in [-0.2, 0) is 14.3 Å². The van der Waals surface area contributed by atoms with Crippen LogP contribution in [0.15, 0.2) is 0 Å². The normalized spacial score (nSPS) is 34.8. The lowest BCUT2D eigenvalue weighted by Gasteiger charge is -2.37. The van der Waals surface area contributed by atoms with Crippen LogP contribution in [0.3, 0.4) is 0 Å². The van der Waals surface area contributed by atoms with E-state index in [1.165, 1.54) is 6.92 Å². The highest BCUT2D eigenvalue weighted by atomic mass is 16.5. The summed E-state index contributed by atoms with van der Waals surface area (Å²) in [7, 11) is 0. The molecule has 0 bridgehead atoms. The monoisotopic (exact) mass is 232 g/mol. The van der Waals surface area contributed by atoms with E-state index in [-0.39, 0.29) is 24.6 Å². The molecule has 1 aliphatic heterocycles. The predicted octanol–water partition coefficient (Wildman–Crippen LogP) is 0.0864. The van der Waals surface area contributed by atoms with Gasteiger partial charge in [-0.05, 0) is 12.3 Å². The first kappa shape index (κ1) is 13.4. The van der Waals surface area contributed by atoms with E-state index in [2.05, 4.69) is 0 Å². The lowest BCUT2D eigenvalue weighted by molar-refractivity contribution is -0.163. The van der Waals surface area contributed by atoms with Crippen molar-refractivity contribution in [1.29, 1.82) is 0 Å². The van der Waals surface area contributed by atoms with Gasteiger partial charge in [-0.1, -0.05) is 6.92 Å². The van der Waals surface area contributed by atoms with Crippen LogP contribution in [0.2, 0.25) is 0 Å². The molecular weight excluding hydrogens is 212 g/mol. The van der Waals surface area contributed by atoms with Gasteiger partial charge in [0, 0.05) is 13.3 Å². The molecule has 1 rings (SSSR count). The van der Waals surface area contributed by atoms with Crippen molar-refractivity contribution in [3.8, 4) is 0 Å². The second-order valence-electron chi connectivity index (χ2n) is 4.30. The van der Waals surface area contributed by atoms with Gasteiger partial charge in [0.15, 0.2) is 0 Å². The summed E-state index contributed by atoms with van der Waals surface area (Å²) in [6, 6.07) is 0. The molecule has 0 amide bonds. The van der Waals surface area contributed by atoms with Crippen LogP contribution in [0.5, 0.6) is 0 Å². The van der Waals surface area contributed by atoms with Gasteiger partial charge in [0.05, 0.1) is 25.4 Å². The Hall–Kier alpha value is -0.650. The fraction of sp³-hybridized carbons (Fsp3) is 0.909. The summed E-state index contributed by atoms with van der Waals surface area (Å²) >= 11 is 0. The van der Waals surface area contributed by atoms with Gasteiger partial charge in [0.2, 0.25) is 0 Å². The lowest BCUT2D eigenvalue weighted by Crippen LogP contribution is -2.45. The van der Waals surface area contributed by atoms with Gasteiger partial charge in [-0.15, -0.1) is 0 Å². The molecule has 5 heteroatoms. The van der Waals surface area contributed by atoms with Crippen LogP contribution in [0.25, 0.3) is 0 Å². The van der Waals surface area contributed by atoms with E-state index in [0.717, 1.165) is 0 Å². The van der Waals surface area contributed by atoms with Gasteiger partial charge in [-0.25, -0.2) is 0 Å². The number of esters is 1. The fourth-order valence-electron chi connectivity index (χ4n) is 1.97. The minimum Gasteiger partial charge on any atom is -0.466 e. The molecule has 16 heavy (non-hydrogen) atoms. The van der Waals surface area contributed by atoms with Gasteiger partial charge in [-0.2, -0.15) is 0 Å². The number of carbonyl (C=O) groups is 1. The molecule has 0 spiro atoms. The molecule has 0 aliphatic carbocycles. The highest BCUT2D eigenvalue weighted by Crippen LogP contribution is 2.27. The van der Waals surface area contributed by atoms with Gasteiger partial charge >= 0.3 is 5.97 Å². The van der Waals surface area contributed by atoms with Crippen LogP contribution in [0.1, 0.15) is 26.7 Å². The van der Waals surface area contributed by atoms with Crippen molar-refractivity contribution in [2.24, 2.45) is 5.92 Å². The Bertz CT molecular complexity index is 230. The second kappa shape index (κ2) is 6.18. The van der Waals surface area contributed by atoms with Crippen LogP contribution in [0.4, 0.5) is 0 Å². The average molecular weight is 232 g/mol. The van der Waals surface area contributed by atoms with Crippen molar-refractivity contribution in [1.82, 2.24) is 0 Å². The molecule has 94 valence electrons. The average Bonchev–Trinajstić information content (AvgIpc) is 2.20. The first-order chi connectivity index (χ1) is 7.54. The number of carbonyl (C=O) groups excluding carboxylic acids is 1. The predicted molar refractivity (Wildman–Crippen MR) is 56.8 cm³/mol. The second-order valence-corrected chi connectivity index (χ2v) is 4.30. The Balaban J connectivity index is 2.37. The Morgan fingerprint density at radius 2 is 2.19 bits per heavy atom. The van der Waals surface area contributed by atoms with Gasteiger partial charge in [0.1, 0.15) is 6.10 Å². The van der Waals surface area contributed by atoms with Crippen LogP contribution >= 0.6 is 0 Å². The molecule has 0 unspecified atom stereocenters. The number of hydrogen-bond donors (Lipinski definition) is 2. The zero-order valence-electron chi connectivity index (χ0n) is 9.76. The first-order valence-corrected chi connectivity index (χ1v) is 5.62. The van der Waals surface area contributed by atoms with Crippen molar-refractivity contribution < 1.29 is 24.5 Å². The van der Waals surface area contributed by atoms with Crippen molar-refractivity contribution in [2.45, 2.75) is 45.0 Å².